The molecule has 2 aliphatic rings. The molecule has 0 aliphatic carbocycles. The van der Waals surface area contributed by atoms with Crippen molar-refractivity contribution < 1.29 is 23.0 Å². The number of amides is 1. The van der Waals surface area contributed by atoms with Crippen molar-refractivity contribution in [1.82, 2.24) is 14.9 Å². The van der Waals surface area contributed by atoms with Gasteiger partial charge < -0.3 is 19.3 Å². The van der Waals surface area contributed by atoms with Crippen molar-refractivity contribution in [2.24, 2.45) is 11.8 Å². The summed E-state index contributed by atoms with van der Waals surface area (Å²) >= 11 is 0. The molecule has 1 aromatic carbocycles. The maximum absolute atomic E-state index is 14.3. The van der Waals surface area contributed by atoms with Crippen molar-refractivity contribution in [1.29, 1.82) is 0 Å². The number of nitrogens with zero attached hydrogens (tertiary/aromatic N) is 4. The molecular formula is C23H28F2N4O3. The van der Waals surface area contributed by atoms with Crippen LogP contribution in [0, 0.1) is 23.5 Å². The van der Waals surface area contributed by atoms with Crippen LogP contribution in [-0.2, 0) is 4.74 Å². The van der Waals surface area contributed by atoms with Gasteiger partial charge in [-0.2, -0.15) is 9.37 Å². The lowest BCUT2D eigenvalue weighted by Crippen LogP contribution is -2.37. The molecule has 0 unspecified atom stereocenters. The molecule has 1 aromatic heterocycles. The number of benzene rings is 1. The van der Waals surface area contributed by atoms with Crippen LogP contribution in [0.1, 0.15) is 39.4 Å². The molecular weight excluding hydrogens is 418 g/mol. The summed E-state index contributed by atoms with van der Waals surface area (Å²) in [4.78, 5) is 24.5. The van der Waals surface area contributed by atoms with Crippen LogP contribution in [0.3, 0.4) is 0 Å². The molecule has 2 saturated heterocycles. The zero-order valence-corrected chi connectivity index (χ0v) is 18.7. The van der Waals surface area contributed by atoms with Crippen molar-refractivity contribution in [3.63, 3.8) is 0 Å². The number of aromatic nitrogens is 2. The highest BCUT2D eigenvalue weighted by molar-refractivity contribution is 5.68. The minimum atomic E-state index is -0.674. The van der Waals surface area contributed by atoms with Gasteiger partial charge in [0.1, 0.15) is 17.5 Å². The zero-order chi connectivity index (χ0) is 23.0. The fourth-order valence-corrected chi connectivity index (χ4v) is 4.20. The number of likely N-dealkylation sites (tertiary alicyclic amines) is 1. The Morgan fingerprint density at radius 2 is 1.84 bits per heavy atom. The standard InChI is InChI=1S/C23H28F2N4O3/c1-14(15-6-5-7-18(24)8-15)31-20-19(25)9-26-21(27-20)28-10-16-12-29(13-17(16)11-28)22(30)32-23(2,3)4/h5-9,14,16-17H,10-13H2,1-4H3/t14-,16-,17+/m1/s1. The number of hydrogen-bond donors (Lipinski definition) is 0. The van der Waals surface area contributed by atoms with Gasteiger partial charge in [-0.05, 0) is 45.4 Å². The predicted molar refractivity (Wildman–Crippen MR) is 114 cm³/mol. The summed E-state index contributed by atoms with van der Waals surface area (Å²) in [5.74, 6) is -0.304. The second kappa shape index (κ2) is 8.52. The van der Waals surface area contributed by atoms with E-state index >= 15 is 0 Å². The topological polar surface area (TPSA) is 67.8 Å². The summed E-state index contributed by atoms with van der Waals surface area (Å²) in [6, 6.07) is 5.98. The second-order valence-corrected chi connectivity index (χ2v) is 9.45. The highest BCUT2D eigenvalue weighted by atomic mass is 19.1. The van der Waals surface area contributed by atoms with E-state index < -0.39 is 17.5 Å². The van der Waals surface area contributed by atoms with Crippen molar-refractivity contribution >= 4 is 12.0 Å². The largest absolute Gasteiger partial charge is 0.468 e. The molecule has 0 N–H and O–H groups in total. The van der Waals surface area contributed by atoms with Crippen molar-refractivity contribution in [3.05, 3.63) is 47.7 Å². The van der Waals surface area contributed by atoms with Gasteiger partial charge in [0.05, 0.1) is 6.20 Å². The molecule has 3 atom stereocenters. The summed E-state index contributed by atoms with van der Waals surface area (Å²) in [6.45, 7) is 9.80. The quantitative estimate of drug-likeness (QED) is 0.701. The van der Waals surface area contributed by atoms with E-state index in [-0.39, 0.29) is 29.6 Å². The Morgan fingerprint density at radius 3 is 2.47 bits per heavy atom. The van der Waals surface area contributed by atoms with Gasteiger partial charge in [-0.1, -0.05) is 12.1 Å². The van der Waals surface area contributed by atoms with E-state index in [0.717, 1.165) is 6.20 Å². The average Bonchev–Trinajstić information content (AvgIpc) is 3.28. The minimum Gasteiger partial charge on any atom is -0.468 e. The maximum Gasteiger partial charge on any atom is 0.410 e. The average molecular weight is 446 g/mol. The fraction of sp³-hybridized carbons (Fsp3) is 0.522. The number of halogens is 2. The van der Waals surface area contributed by atoms with Crippen LogP contribution in [0.4, 0.5) is 19.5 Å². The third-order valence-electron chi connectivity index (χ3n) is 5.73. The van der Waals surface area contributed by atoms with E-state index in [0.29, 0.717) is 37.7 Å². The van der Waals surface area contributed by atoms with E-state index in [9.17, 15) is 13.6 Å². The van der Waals surface area contributed by atoms with E-state index in [1.165, 1.54) is 12.1 Å². The zero-order valence-electron chi connectivity index (χ0n) is 18.7. The SMILES string of the molecule is C[C@@H](Oc1nc(N2C[C@H]3CN(C(=O)OC(C)(C)C)C[C@H]3C2)ncc1F)c1cccc(F)c1. The molecule has 2 aliphatic heterocycles. The number of carbonyl (C=O) groups is 1. The highest BCUT2D eigenvalue weighted by Gasteiger charge is 2.43. The Balaban J connectivity index is 1.40. The molecule has 32 heavy (non-hydrogen) atoms. The van der Waals surface area contributed by atoms with Gasteiger partial charge in [0, 0.05) is 38.0 Å². The number of rotatable bonds is 4. The van der Waals surface area contributed by atoms with E-state index in [1.54, 1.807) is 24.0 Å². The van der Waals surface area contributed by atoms with Gasteiger partial charge >= 0.3 is 6.09 Å². The minimum absolute atomic E-state index is 0.167. The highest BCUT2D eigenvalue weighted by Crippen LogP contribution is 2.34. The summed E-state index contributed by atoms with van der Waals surface area (Å²) in [6.07, 6.45) is 0.221. The van der Waals surface area contributed by atoms with Crippen LogP contribution in [0.2, 0.25) is 0 Å². The number of ether oxygens (including phenoxy) is 2. The molecule has 0 radical (unpaired) electrons. The van der Waals surface area contributed by atoms with Gasteiger partial charge in [-0.25, -0.2) is 14.2 Å². The van der Waals surface area contributed by atoms with E-state index in [2.05, 4.69) is 9.97 Å². The molecule has 3 heterocycles. The summed E-state index contributed by atoms with van der Waals surface area (Å²) < 4.78 is 39.0. The molecule has 1 amide bonds. The van der Waals surface area contributed by atoms with Gasteiger partial charge in [0.15, 0.2) is 0 Å². The van der Waals surface area contributed by atoms with Crippen LogP contribution in [-0.4, -0.2) is 52.7 Å². The first-order valence-electron chi connectivity index (χ1n) is 10.8. The summed E-state index contributed by atoms with van der Waals surface area (Å²) in [5.41, 5.74) is 0.0597. The molecule has 2 aromatic rings. The molecule has 0 saturated carbocycles. The lowest BCUT2D eigenvalue weighted by molar-refractivity contribution is 0.0282. The van der Waals surface area contributed by atoms with Crippen molar-refractivity contribution in [2.75, 3.05) is 31.1 Å². The Bertz CT molecular complexity index is 983. The third kappa shape index (κ3) is 4.92. The first-order chi connectivity index (χ1) is 15.1. The molecule has 7 nitrogen and oxygen atoms in total. The smallest absolute Gasteiger partial charge is 0.410 e. The van der Waals surface area contributed by atoms with Gasteiger partial charge in [-0.3, -0.25) is 0 Å². The first-order valence-corrected chi connectivity index (χ1v) is 10.8. The van der Waals surface area contributed by atoms with E-state index in [4.69, 9.17) is 9.47 Å². The molecule has 9 heteroatoms. The molecule has 172 valence electrons. The van der Waals surface area contributed by atoms with Gasteiger partial charge in [0.25, 0.3) is 5.88 Å². The van der Waals surface area contributed by atoms with Crippen molar-refractivity contribution in [3.8, 4) is 5.88 Å². The van der Waals surface area contributed by atoms with Crippen LogP contribution in [0.15, 0.2) is 30.5 Å². The van der Waals surface area contributed by atoms with Crippen LogP contribution in [0.25, 0.3) is 0 Å². The normalized spacial score (nSPS) is 21.4. The number of fused-ring (bicyclic) bond motifs is 1. The molecule has 0 spiro atoms. The Labute approximate surface area is 186 Å². The fourth-order valence-electron chi connectivity index (χ4n) is 4.20. The maximum atomic E-state index is 14.3. The van der Waals surface area contributed by atoms with E-state index in [1.807, 2.05) is 25.7 Å². The lowest BCUT2D eigenvalue weighted by Gasteiger charge is -2.26. The first kappa shape index (κ1) is 22.2. The third-order valence-corrected chi connectivity index (χ3v) is 5.73. The number of anilines is 1. The Hall–Kier alpha value is -2.97. The van der Waals surface area contributed by atoms with Crippen LogP contribution in [0.5, 0.6) is 5.88 Å². The van der Waals surface area contributed by atoms with Gasteiger partial charge in [-0.15, -0.1) is 0 Å². The lowest BCUT2D eigenvalue weighted by atomic mass is 10.0. The second-order valence-electron chi connectivity index (χ2n) is 9.45. The van der Waals surface area contributed by atoms with Crippen molar-refractivity contribution in [2.45, 2.75) is 39.4 Å². The summed E-state index contributed by atoms with van der Waals surface area (Å²) in [7, 11) is 0. The molecule has 4 rings (SSSR count). The monoisotopic (exact) mass is 446 g/mol. The molecule has 0 bridgehead atoms. The summed E-state index contributed by atoms with van der Waals surface area (Å²) in [5, 5.41) is 0. The predicted octanol–water partition coefficient (Wildman–Crippen LogP) is 4.20. The molecule has 2 fully saturated rings. The Morgan fingerprint density at radius 1 is 1.16 bits per heavy atom. The van der Waals surface area contributed by atoms with Crippen LogP contribution < -0.4 is 9.64 Å². The number of hydrogen-bond acceptors (Lipinski definition) is 6. The number of carbonyl (C=O) groups excluding carboxylic acids is 1. The Kier molecular flexibility index (Phi) is 5.92. The van der Waals surface area contributed by atoms with Gasteiger partial charge in [0.2, 0.25) is 11.8 Å². The van der Waals surface area contributed by atoms with Crippen LogP contribution >= 0.6 is 0 Å².